The van der Waals surface area contributed by atoms with Crippen LogP contribution >= 0.6 is 22.9 Å². The van der Waals surface area contributed by atoms with Crippen molar-refractivity contribution in [2.24, 2.45) is 5.92 Å². The van der Waals surface area contributed by atoms with Gasteiger partial charge in [0.15, 0.2) is 5.82 Å². The van der Waals surface area contributed by atoms with Crippen LogP contribution in [-0.2, 0) is 6.54 Å². The molecule has 0 saturated heterocycles. The van der Waals surface area contributed by atoms with Crippen molar-refractivity contribution in [1.82, 2.24) is 25.1 Å². The van der Waals surface area contributed by atoms with Gasteiger partial charge in [-0.2, -0.15) is 4.98 Å². The topological polar surface area (TPSA) is 85.7 Å². The zero-order valence-electron chi connectivity index (χ0n) is 15.9. The Morgan fingerprint density at radius 2 is 2.07 bits per heavy atom. The molecule has 1 aliphatic carbocycles. The van der Waals surface area contributed by atoms with Gasteiger partial charge in [-0.3, -0.25) is 4.98 Å². The molecule has 1 fully saturated rings. The normalized spacial score (nSPS) is 18.1. The molecule has 1 saturated carbocycles. The van der Waals surface area contributed by atoms with Crippen LogP contribution in [0.25, 0.3) is 0 Å². The smallest absolute Gasteiger partial charge is 0.238 e. The molecule has 0 amide bonds. The number of pyridine rings is 1. The molecule has 9 heteroatoms. The maximum Gasteiger partial charge on any atom is 0.238 e. The Bertz CT molecular complexity index is 977. The standard InChI is InChI=1S/C19H21ClN6OS/c1-10-4-5-15(21-7-10)14-6-13(14)9-27-19-17(20)18(23-11(2)24-19)22-8-16-26-25-12(3)28-16/h4-5,7,13-14H,6,8-9H2,1-3H3,(H,22,23,24). The van der Waals surface area contributed by atoms with Crippen molar-refractivity contribution in [1.29, 1.82) is 0 Å². The number of hydrogen-bond donors (Lipinski definition) is 1. The number of nitrogens with one attached hydrogen (secondary N) is 1. The van der Waals surface area contributed by atoms with Gasteiger partial charge < -0.3 is 10.1 Å². The maximum atomic E-state index is 6.47. The molecule has 7 nitrogen and oxygen atoms in total. The summed E-state index contributed by atoms with van der Waals surface area (Å²) in [5.74, 6) is 2.43. The third-order valence-corrected chi connectivity index (χ3v) is 5.76. The average molecular weight is 417 g/mol. The van der Waals surface area contributed by atoms with Crippen LogP contribution in [0.4, 0.5) is 5.82 Å². The van der Waals surface area contributed by atoms with Crippen molar-refractivity contribution in [2.75, 3.05) is 11.9 Å². The third kappa shape index (κ3) is 4.39. The Morgan fingerprint density at radius 3 is 2.79 bits per heavy atom. The molecule has 0 aliphatic heterocycles. The molecule has 0 radical (unpaired) electrons. The summed E-state index contributed by atoms with van der Waals surface area (Å²) < 4.78 is 5.94. The van der Waals surface area contributed by atoms with Crippen LogP contribution in [0, 0.1) is 26.7 Å². The van der Waals surface area contributed by atoms with Crippen molar-refractivity contribution in [3.8, 4) is 5.88 Å². The van der Waals surface area contributed by atoms with Crippen molar-refractivity contribution in [2.45, 2.75) is 39.7 Å². The number of nitrogens with zero attached hydrogens (tertiary/aromatic N) is 5. The highest BCUT2D eigenvalue weighted by Crippen LogP contribution is 2.47. The summed E-state index contributed by atoms with van der Waals surface area (Å²) in [6.45, 7) is 6.85. The van der Waals surface area contributed by atoms with Gasteiger partial charge in [0.05, 0.1) is 13.2 Å². The highest BCUT2D eigenvalue weighted by Gasteiger charge is 2.40. The van der Waals surface area contributed by atoms with Gasteiger partial charge in [-0.15, -0.1) is 10.2 Å². The van der Waals surface area contributed by atoms with E-state index in [0.717, 1.165) is 22.1 Å². The third-order valence-electron chi connectivity index (χ3n) is 4.58. The molecule has 28 heavy (non-hydrogen) atoms. The van der Waals surface area contributed by atoms with E-state index in [0.29, 0.717) is 47.5 Å². The highest BCUT2D eigenvalue weighted by atomic mass is 35.5. The molecule has 2 unspecified atom stereocenters. The van der Waals surface area contributed by atoms with Crippen molar-refractivity contribution in [3.05, 3.63) is 50.4 Å². The quantitative estimate of drug-likeness (QED) is 0.620. The lowest BCUT2D eigenvalue weighted by Crippen LogP contribution is -2.08. The lowest BCUT2D eigenvalue weighted by molar-refractivity contribution is 0.284. The lowest BCUT2D eigenvalue weighted by atomic mass is 10.2. The number of anilines is 1. The van der Waals surface area contributed by atoms with E-state index in [1.807, 2.05) is 27.0 Å². The zero-order chi connectivity index (χ0) is 19.7. The van der Waals surface area contributed by atoms with Gasteiger partial charge in [0.25, 0.3) is 0 Å². The number of halogens is 1. The molecule has 0 spiro atoms. The molecule has 2 atom stereocenters. The molecular weight excluding hydrogens is 396 g/mol. The fourth-order valence-corrected chi connectivity index (χ4v) is 3.85. The summed E-state index contributed by atoms with van der Waals surface area (Å²) >= 11 is 8.00. The summed E-state index contributed by atoms with van der Waals surface area (Å²) in [7, 11) is 0. The molecule has 0 bridgehead atoms. The highest BCUT2D eigenvalue weighted by molar-refractivity contribution is 7.11. The first-order chi connectivity index (χ1) is 13.5. The van der Waals surface area contributed by atoms with E-state index in [4.69, 9.17) is 16.3 Å². The minimum atomic E-state index is 0.387. The van der Waals surface area contributed by atoms with Gasteiger partial charge in [-0.1, -0.05) is 29.0 Å². The van der Waals surface area contributed by atoms with E-state index < -0.39 is 0 Å². The van der Waals surface area contributed by atoms with Crippen molar-refractivity contribution < 1.29 is 4.74 Å². The Hall–Kier alpha value is -2.32. The molecule has 1 aliphatic rings. The van der Waals surface area contributed by atoms with E-state index in [1.54, 1.807) is 0 Å². The van der Waals surface area contributed by atoms with Gasteiger partial charge >= 0.3 is 0 Å². The van der Waals surface area contributed by atoms with Crippen LogP contribution in [0.1, 0.15) is 39.4 Å². The minimum absolute atomic E-state index is 0.387. The van der Waals surface area contributed by atoms with Crippen molar-refractivity contribution in [3.63, 3.8) is 0 Å². The van der Waals surface area contributed by atoms with Gasteiger partial charge in [0, 0.05) is 23.7 Å². The van der Waals surface area contributed by atoms with E-state index >= 15 is 0 Å². The number of rotatable bonds is 7. The zero-order valence-corrected chi connectivity index (χ0v) is 17.5. The van der Waals surface area contributed by atoms with Crippen LogP contribution in [0.15, 0.2) is 18.3 Å². The summed E-state index contributed by atoms with van der Waals surface area (Å²) in [4.78, 5) is 13.3. The predicted octanol–water partition coefficient (Wildman–Crippen LogP) is 4.10. The van der Waals surface area contributed by atoms with Gasteiger partial charge in [0.2, 0.25) is 5.88 Å². The van der Waals surface area contributed by atoms with Crippen LogP contribution in [0.5, 0.6) is 5.88 Å². The molecule has 4 rings (SSSR count). The Kier molecular flexibility index (Phi) is 5.41. The van der Waals surface area contributed by atoms with Crippen LogP contribution < -0.4 is 10.1 Å². The largest absolute Gasteiger partial charge is 0.476 e. The molecule has 1 N–H and O–H groups in total. The summed E-state index contributed by atoms with van der Waals surface area (Å²) in [6.07, 6.45) is 2.98. The van der Waals surface area contributed by atoms with E-state index in [-0.39, 0.29) is 0 Å². The van der Waals surface area contributed by atoms with Crippen molar-refractivity contribution >= 4 is 28.8 Å². The number of hydrogen-bond acceptors (Lipinski definition) is 8. The van der Waals surface area contributed by atoms with Crippen LogP contribution in [-0.4, -0.2) is 31.8 Å². The molecule has 3 aromatic rings. The monoisotopic (exact) mass is 416 g/mol. The molecule has 146 valence electrons. The van der Waals surface area contributed by atoms with Crippen LogP contribution in [0.3, 0.4) is 0 Å². The maximum absolute atomic E-state index is 6.47. The number of ether oxygens (including phenoxy) is 1. The Labute approximate surface area is 172 Å². The summed E-state index contributed by atoms with van der Waals surface area (Å²) in [5, 5.41) is 13.5. The lowest BCUT2D eigenvalue weighted by Gasteiger charge is -2.12. The SMILES string of the molecule is Cc1ccc(C2CC2COc2nc(C)nc(NCc3nnc(C)s3)c2Cl)nc1. The van der Waals surface area contributed by atoms with Crippen LogP contribution in [0.2, 0.25) is 5.02 Å². The van der Waals surface area contributed by atoms with Gasteiger partial charge in [-0.05, 0) is 38.8 Å². The number of aryl methyl sites for hydroxylation is 3. The minimum Gasteiger partial charge on any atom is -0.476 e. The first-order valence-electron chi connectivity index (χ1n) is 9.12. The average Bonchev–Trinajstić information content (AvgIpc) is 3.33. The molecular formula is C19H21ClN6OS. The second-order valence-corrected chi connectivity index (χ2v) is 8.62. The second-order valence-electron chi connectivity index (χ2n) is 6.98. The van der Waals surface area contributed by atoms with Gasteiger partial charge in [0.1, 0.15) is 20.9 Å². The van der Waals surface area contributed by atoms with Gasteiger partial charge in [-0.25, -0.2) is 4.98 Å². The first kappa shape index (κ1) is 19.0. The van der Waals surface area contributed by atoms with E-state index in [1.165, 1.54) is 16.9 Å². The summed E-state index contributed by atoms with van der Waals surface area (Å²) in [6, 6.07) is 4.19. The first-order valence-corrected chi connectivity index (χ1v) is 10.3. The molecule has 3 heterocycles. The fourth-order valence-electron chi connectivity index (χ4n) is 2.99. The summed E-state index contributed by atoms with van der Waals surface area (Å²) in [5.41, 5.74) is 2.29. The number of aromatic nitrogens is 5. The van der Waals surface area contributed by atoms with E-state index in [9.17, 15) is 0 Å². The predicted molar refractivity (Wildman–Crippen MR) is 109 cm³/mol. The molecule has 0 aromatic carbocycles. The molecule has 3 aromatic heterocycles. The fraction of sp³-hybridized carbons (Fsp3) is 0.421. The Balaban J connectivity index is 1.38. The van der Waals surface area contributed by atoms with E-state index in [2.05, 4.69) is 42.6 Å². The Morgan fingerprint density at radius 1 is 1.21 bits per heavy atom. The second kappa shape index (κ2) is 7.97.